The maximum absolute atomic E-state index is 13.4. The number of carboxylic acid groups (broad SMARTS) is 1. The van der Waals surface area contributed by atoms with Crippen molar-refractivity contribution in [1.82, 2.24) is 14.9 Å². The second kappa shape index (κ2) is 12.6. The zero-order valence-electron chi connectivity index (χ0n) is 22.8. The Labute approximate surface area is 234 Å². The van der Waals surface area contributed by atoms with Gasteiger partial charge in [0, 0.05) is 22.9 Å². The lowest BCUT2D eigenvalue weighted by Crippen LogP contribution is -2.45. The van der Waals surface area contributed by atoms with Crippen molar-refractivity contribution in [2.24, 2.45) is 11.8 Å². The highest BCUT2D eigenvalue weighted by Crippen LogP contribution is 2.37. The molecule has 0 radical (unpaired) electrons. The van der Waals surface area contributed by atoms with E-state index in [4.69, 9.17) is 4.98 Å². The number of benzene rings is 1. The van der Waals surface area contributed by atoms with E-state index in [1.165, 1.54) is 30.6 Å². The first kappa shape index (κ1) is 27.8. The largest absolute Gasteiger partial charge is 0.481 e. The van der Waals surface area contributed by atoms with E-state index in [0.717, 1.165) is 55.4 Å². The van der Waals surface area contributed by atoms with Crippen LogP contribution in [0.4, 0.5) is 0 Å². The Morgan fingerprint density at radius 2 is 1.87 bits per heavy atom. The number of hydrogen-bond donors (Lipinski definition) is 3. The number of aromatic nitrogens is 2. The van der Waals surface area contributed by atoms with Crippen molar-refractivity contribution in [3.8, 4) is 0 Å². The first-order valence-corrected chi connectivity index (χ1v) is 15.5. The molecule has 3 N–H and O–H groups in total. The molecule has 1 unspecified atom stereocenters. The highest BCUT2D eigenvalue weighted by Gasteiger charge is 2.30. The minimum atomic E-state index is -1.12. The van der Waals surface area contributed by atoms with Crippen LogP contribution < -0.4 is 5.32 Å². The van der Waals surface area contributed by atoms with Crippen LogP contribution in [-0.2, 0) is 11.2 Å². The van der Waals surface area contributed by atoms with Crippen molar-refractivity contribution in [3.63, 3.8) is 0 Å². The average Bonchev–Trinajstić information content (AvgIpc) is 3.56. The van der Waals surface area contributed by atoms with Crippen LogP contribution >= 0.6 is 11.3 Å². The van der Waals surface area contributed by atoms with E-state index in [9.17, 15) is 19.8 Å². The van der Waals surface area contributed by atoms with E-state index in [-0.39, 0.29) is 12.3 Å². The SMILES string of the molecule is C[C@@H]1CCCC[C@H]1n1c(Cc2cccs2)nc2cc(C(=O)NC(CC3CCCCC3)[C@H](O)CC(=O)O)ccc21. The number of thiophene rings is 1. The van der Waals surface area contributed by atoms with Crippen molar-refractivity contribution in [1.29, 1.82) is 0 Å². The molecule has 7 nitrogen and oxygen atoms in total. The molecule has 39 heavy (non-hydrogen) atoms. The first-order valence-electron chi connectivity index (χ1n) is 14.6. The van der Waals surface area contributed by atoms with Gasteiger partial charge in [-0.25, -0.2) is 4.98 Å². The zero-order valence-corrected chi connectivity index (χ0v) is 23.7. The van der Waals surface area contributed by atoms with Gasteiger partial charge in [0.1, 0.15) is 5.82 Å². The van der Waals surface area contributed by atoms with Crippen LogP contribution in [0.25, 0.3) is 11.0 Å². The first-order chi connectivity index (χ1) is 18.9. The molecule has 1 amide bonds. The zero-order chi connectivity index (χ0) is 27.4. The van der Waals surface area contributed by atoms with Crippen molar-refractivity contribution in [3.05, 3.63) is 52.0 Å². The second-order valence-electron chi connectivity index (χ2n) is 11.7. The van der Waals surface area contributed by atoms with Crippen molar-refractivity contribution >= 4 is 34.2 Å². The number of nitrogens with zero attached hydrogens (tertiary/aromatic N) is 2. The standard InChI is InChI=1S/C31H41N3O4S/c1-20-8-5-6-12-26(20)34-27-14-13-22(17-24(27)32-29(34)18-23-11-7-15-39-23)31(38)33-25(28(35)19-30(36)37)16-21-9-3-2-4-10-21/h7,11,13-15,17,20-21,25-26,28,35H,2-6,8-10,12,16,18-19H2,1H3,(H,33,38)(H,36,37)/t20-,25?,26-,28-/m1/s1. The molecule has 0 saturated heterocycles. The van der Waals surface area contributed by atoms with Gasteiger partial charge < -0.3 is 20.1 Å². The smallest absolute Gasteiger partial charge is 0.306 e. The van der Waals surface area contributed by atoms with E-state index in [1.54, 1.807) is 11.3 Å². The Bertz CT molecular complexity index is 1260. The number of rotatable bonds is 10. The average molecular weight is 552 g/mol. The van der Waals surface area contributed by atoms with E-state index < -0.39 is 18.1 Å². The number of imidazole rings is 1. The van der Waals surface area contributed by atoms with Crippen LogP contribution in [-0.4, -0.2) is 43.8 Å². The summed E-state index contributed by atoms with van der Waals surface area (Å²) in [6.07, 6.45) is 10.3. The van der Waals surface area contributed by atoms with Gasteiger partial charge in [-0.2, -0.15) is 0 Å². The number of hydrogen-bond acceptors (Lipinski definition) is 5. The molecule has 0 spiro atoms. The van der Waals surface area contributed by atoms with Crippen LogP contribution in [0.5, 0.6) is 0 Å². The van der Waals surface area contributed by atoms with E-state index >= 15 is 0 Å². The fraction of sp³-hybridized carbons (Fsp3) is 0.581. The van der Waals surface area contributed by atoms with Crippen LogP contribution in [0.1, 0.15) is 105 Å². The van der Waals surface area contributed by atoms with Gasteiger partial charge in [-0.1, -0.05) is 57.9 Å². The van der Waals surface area contributed by atoms with Gasteiger partial charge in [0.2, 0.25) is 0 Å². The Balaban J connectivity index is 1.41. The highest BCUT2D eigenvalue weighted by molar-refractivity contribution is 7.09. The fourth-order valence-corrected chi connectivity index (χ4v) is 7.40. The van der Waals surface area contributed by atoms with Crippen molar-refractivity contribution in [2.45, 2.75) is 102 Å². The maximum atomic E-state index is 13.4. The molecular weight excluding hydrogens is 510 g/mol. The molecule has 2 heterocycles. The van der Waals surface area contributed by atoms with Crippen LogP contribution in [0.3, 0.4) is 0 Å². The lowest BCUT2D eigenvalue weighted by Gasteiger charge is -2.31. The topological polar surface area (TPSA) is 104 Å². The molecule has 210 valence electrons. The third-order valence-electron chi connectivity index (χ3n) is 8.81. The van der Waals surface area contributed by atoms with Gasteiger partial charge in [0.15, 0.2) is 0 Å². The quantitative estimate of drug-likeness (QED) is 0.273. The van der Waals surface area contributed by atoms with Crippen molar-refractivity contribution < 1.29 is 19.8 Å². The fourth-order valence-electron chi connectivity index (χ4n) is 6.70. The molecule has 5 rings (SSSR count). The van der Waals surface area contributed by atoms with Gasteiger partial charge in [-0.15, -0.1) is 11.3 Å². The Morgan fingerprint density at radius 1 is 1.10 bits per heavy atom. The number of aliphatic carboxylic acids is 1. The molecule has 8 heteroatoms. The molecule has 2 fully saturated rings. The van der Waals surface area contributed by atoms with E-state index in [0.29, 0.717) is 29.9 Å². The third-order valence-corrected chi connectivity index (χ3v) is 9.69. The normalized spacial score (nSPS) is 22.0. The molecule has 2 saturated carbocycles. The van der Waals surface area contributed by atoms with Gasteiger partial charge in [0.05, 0.1) is 29.6 Å². The molecular formula is C31H41N3O4S. The van der Waals surface area contributed by atoms with E-state index in [1.807, 2.05) is 18.2 Å². The maximum Gasteiger partial charge on any atom is 0.306 e. The summed E-state index contributed by atoms with van der Waals surface area (Å²) >= 11 is 1.74. The Kier molecular flexibility index (Phi) is 9.03. The number of carboxylic acids is 1. The Hall–Kier alpha value is -2.71. The van der Waals surface area contributed by atoms with Crippen LogP contribution in [0.2, 0.25) is 0 Å². The van der Waals surface area contributed by atoms with Crippen LogP contribution in [0.15, 0.2) is 35.7 Å². The molecule has 3 aromatic rings. The lowest BCUT2D eigenvalue weighted by molar-refractivity contribution is -0.139. The van der Waals surface area contributed by atoms with Gasteiger partial charge in [-0.05, 0) is 60.7 Å². The number of aliphatic hydroxyl groups excluding tert-OH is 1. The van der Waals surface area contributed by atoms with Gasteiger partial charge in [-0.3, -0.25) is 9.59 Å². The molecule has 1 aromatic carbocycles. The summed E-state index contributed by atoms with van der Waals surface area (Å²) in [6, 6.07) is 9.73. The Morgan fingerprint density at radius 3 is 2.59 bits per heavy atom. The summed E-state index contributed by atoms with van der Waals surface area (Å²) in [6.45, 7) is 2.33. The summed E-state index contributed by atoms with van der Waals surface area (Å²) in [7, 11) is 0. The third kappa shape index (κ3) is 6.72. The molecule has 0 aliphatic heterocycles. The van der Waals surface area contributed by atoms with E-state index in [2.05, 4.69) is 34.3 Å². The molecule has 2 aliphatic rings. The van der Waals surface area contributed by atoms with Crippen molar-refractivity contribution in [2.75, 3.05) is 0 Å². The number of carbonyl (C=O) groups excluding carboxylic acids is 1. The monoisotopic (exact) mass is 551 g/mol. The predicted molar refractivity (Wildman–Crippen MR) is 154 cm³/mol. The number of amides is 1. The summed E-state index contributed by atoms with van der Waals surface area (Å²) in [5.41, 5.74) is 2.35. The molecule has 2 aromatic heterocycles. The summed E-state index contributed by atoms with van der Waals surface area (Å²) < 4.78 is 2.42. The minimum Gasteiger partial charge on any atom is -0.481 e. The molecule has 2 aliphatic carbocycles. The minimum absolute atomic E-state index is 0.289. The van der Waals surface area contributed by atoms with Gasteiger partial charge >= 0.3 is 5.97 Å². The number of carbonyl (C=O) groups is 2. The van der Waals surface area contributed by atoms with Crippen LogP contribution in [0, 0.1) is 11.8 Å². The molecule has 0 bridgehead atoms. The second-order valence-corrected chi connectivity index (χ2v) is 12.7. The summed E-state index contributed by atoms with van der Waals surface area (Å²) in [5.74, 6) is 0.645. The number of fused-ring (bicyclic) bond motifs is 1. The highest BCUT2D eigenvalue weighted by atomic mass is 32.1. The molecule has 4 atom stereocenters. The summed E-state index contributed by atoms with van der Waals surface area (Å²) in [4.78, 5) is 31.1. The summed E-state index contributed by atoms with van der Waals surface area (Å²) in [5, 5.41) is 25.1. The number of nitrogens with one attached hydrogen (secondary N) is 1. The van der Waals surface area contributed by atoms with Gasteiger partial charge in [0.25, 0.3) is 5.91 Å². The number of aliphatic hydroxyl groups is 1. The predicted octanol–water partition coefficient (Wildman–Crippen LogP) is 6.34. The lowest BCUT2D eigenvalue weighted by atomic mass is 9.83.